The van der Waals surface area contributed by atoms with Crippen molar-refractivity contribution in [3.63, 3.8) is 0 Å². The SMILES string of the molecule is N#Cc1ccc(CNC2CCCCCC2C#N)cc1. The fourth-order valence-corrected chi connectivity index (χ4v) is 2.65. The minimum Gasteiger partial charge on any atom is -0.309 e. The molecule has 0 radical (unpaired) electrons. The molecule has 2 unspecified atom stereocenters. The molecule has 0 heterocycles. The van der Waals surface area contributed by atoms with E-state index >= 15 is 0 Å². The van der Waals surface area contributed by atoms with Gasteiger partial charge in [0, 0.05) is 12.6 Å². The molecule has 0 amide bonds. The van der Waals surface area contributed by atoms with E-state index in [1.54, 1.807) is 0 Å². The number of hydrogen-bond donors (Lipinski definition) is 1. The van der Waals surface area contributed by atoms with Gasteiger partial charge in [-0.1, -0.05) is 31.4 Å². The minimum absolute atomic E-state index is 0.140. The van der Waals surface area contributed by atoms with E-state index in [0.717, 1.165) is 19.4 Å². The zero-order chi connectivity index (χ0) is 13.5. The summed E-state index contributed by atoms with van der Waals surface area (Å²) in [5, 5.41) is 21.5. The van der Waals surface area contributed by atoms with E-state index in [-0.39, 0.29) is 5.92 Å². The average molecular weight is 253 g/mol. The monoisotopic (exact) mass is 253 g/mol. The normalized spacial score (nSPS) is 23.1. The van der Waals surface area contributed by atoms with Crippen LogP contribution in [0.25, 0.3) is 0 Å². The largest absolute Gasteiger partial charge is 0.309 e. The Morgan fingerprint density at radius 1 is 1.05 bits per heavy atom. The third-order valence-corrected chi connectivity index (χ3v) is 3.83. The molecule has 1 saturated carbocycles. The molecular weight excluding hydrogens is 234 g/mol. The third kappa shape index (κ3) is 3.81. The predicted molar refractivity (Wildman–Crippen MR) is 74.0 cm³/mol. The van der Waals surface area contributed by atoms with Crippen molar-refractivity contribution in [2.24, 2.45) is 5.92 Å². The lowest BCUT2D eigenvalue weighted by Crippen LogP contribution is -2.34. The molecule has 1 fully saturated rings. The smallest absolute Gasteiger partial charge is 0.0991 e. The van der Waals surface area contributed by atoms with Crippen LogP contribution in [0.1, 0.15) is 43.2 Å². The molecular formula is C16H19N3. The maximum atomic E-state index is 9.23. The fourth-order valence-electron chi connectivity index (χ4n) is 2.65. The van der Waals surface area contributed by atoms with E-state index in [1.165, 1.54) is 24.8 Å². The molecule has 0 saturated heterocycles. The maximum Gasteiger partial charge on any atom is 0.0991 e. The van der Waals surface area contributed by atoms with Gasteiger partial charge in [-0.2, -0.15) is 10.5 Å². The first kappa shape index (κ1) is 13.6. The second kappa shape index (κ2) is 6.92. The van der Waals surface area contributed by atoms with Crippen molar-refractivity contribution in [2.45, 2.75) is 44.7 Å². The summed E-state index contributed by atoms with van der Waals surface area (Å²) in [6, 6.07) is 12.5. The summed E-state index contributed by atoms with van der Waals surface area (Å²) < 4.78 is 0. The van der Waals surface area contributed by atoms with E-state index in [4.69, 9.17) is 5.26 Å². The van der Waals surface area contributed by atoms with Crippen LogP contribution in [0.5, 0.6) is 0 Å². The molecule has 1 aromatic rings. The van der Waals surface area contributed by atoms with Gasteiger partial charge in [-0.25, -0.2) is 0 Å². The highest BCUT2D eigenvalue weighted by Gasteiger charge is 2.22. The Morgan fingerprint density at radius 3 is 2.47 bits per heavy atom. The van der Waals surface area contributed by atoms with Crippen LogP contribution < -0.4 is 5.32 Å². The van der Waals surface area contributed by atoms with E-state index < -0.39 is 0 Å². The van der Waals surface area contributed by atoms with E-state index in [0.29, 0.717) is 11.6 Å². The maximum absolute atomic E-state index is 9.23. The molecule has 0 aliphatic heterocycles. The highest BCUT2D eigenvalue weighted by molar-refractivity contribution is 5.31. The van der Waals surface area contributed by atoms with Crippen molar-refractivity contribution in [3.8, 4) is 12.1 Å². The summed E-state index contributed by atoms with van der Waals surface area (Å²) in [5.74, 6) is 0.140. The van der Waals surface area contributed by atoms with Crippen LogP contribution in [0, 0.1) is 28.6 Å². The zero-order valence-corrected chi connectivity index (χ0v) is 11.1. The first-order valence-electron chi connectivity index (χ1n) is 6.95. The van der Waals surface area contributed by atoms with Crippen LogP contribution in [0.2, 0.25) is 0 Å². The second-order valence-electron chi connectivity index (χ2n) is 5.17. The van der Waals surface area contributed by atoms with Crippen molar-refractivity contribution in [1.29, 1.82) is 10.5 Å². The van der Waals surface area contributed by atoms with Crippen LogP contribution in [-0.4, -0.2) is 6.04 Å². The van der Waals surface area contributed by atoms with Gasteiger partial charge in [0.05, 0.1) is 23.6 Å². The van der Waals surface area contributed by atoms with Gasteiger partial charge in [0.2, 0.25) is 0 Å². The van der Waals surface area contributed by atoms with Gasteiger partial charge in [-0.05, 0) is 30.5 Å². The van der Waals surface area contributed by atoms with Crippen molar-refractivity contribution in [2.75, 3.05) is 0 Å². The van der Waals surface area contributed by atoms with E-state index in [1.807, 2.05) is 24.3 Å². The summed E-state index contributed by atoms with van der Waals surface area (Å²) in [6.07, 6.45) is 5.74. The van der Waals surface area contributed by atoms with Crippen molar-refractivity contribution < 1.29 is 0 Å². The second-order valence-corrected chi connectivity index (χ2v) is 5.17. The molecule has 3 heteroatoms. The molecule has 19 heavy (non-hydrogen) atoms. The highest BCUT2D eigenvalue weighted by atomic mass is 14.9. The lowest BCUT2D eigenvalue weighted by molar-refractivity contribution is 0.393. The first-order chi connectivity index (χ1) is 9.33. The summed E-state index contributed by atoms with van der Waals surface area (Å²) in [6.45, 7) is 0.772. The van der Waals surface area contributed by atoms with Crippen LogP contribution in [0.4, 0.5) is 0 Å². The van der Waals surface area contributed by atoms with Crippen LogP contribution in [-0.2, 0) is 6.54 Å². The Hall–Kier alpha value is -1.84. The van der Waals surface area contributed by atoms with Crippen molar-refractivity contribution in [1.82, 2.24) is 5.32 Å². The average Bonchev–Trinajstić information content (AvgIpc) is 2.70. The lowest BCUT2D eigenvalue weighted by atomic mass is 9.96. The minimum atomic E-state index is 0.140. The van der Waals surface area contributed by atoms with Gasteiger partial charge in [0.25, 0.3) is 0 Å². The summed E-state index contributed by atoms with van der Waals surface area (Å²) in [7, 11) is 0. The Labute approximate surface area is 114 Å². The number of rotatable bonds is 3. The Balaban J connectivity index is 1.92. The molecule has 2 atom stereocenters. The van der Waals surface area contributed by atoms with Crippen molar-refractivity contribution in [3.05, 3.63) is 35.4 Å². The molecule has 1 aromatic carbocycles. The molecule has 0 bridgehead atoms. The third-order valence-electron chi connectivity index (χ3n) is 3.83. The molecule has 1 aliphatic carbocycles. The molecule has 1 aliphatic rings. The topological polar surface area (TPSA) is 59.6 Å². The van der Waals surface area contributed by atoms with E-state index in [9.17, 15) is 5.26 Å². The van der Waals surface area contributed by atoms with Gasteiger partial charge in [0.15, 0.2) is 0 Å². The van der Waals surface area contributed by atoms with Crippen molar-refractivity contribution >= 4 is 0 Å². The molecule has 98 valence electrons. The number of hydrogen-bond acceptors (Lipinski definition) is 3. The number of nitrogens with zero attached hydrogens (tertiary/aromatic N) is 2. The predicted octanol–water partition coefficient (Wildman–Crippen LogP) is 3.12. The van der Waals surface area contributed by atoms with Gasteiger partial charge in [-0.3, -0.25) is 0 Å². The standard InChI is InChI=1S/C16H19N3/c17-10-13-6-8-14(9-7-13)12-19-16-5-3-1-2-4-15(16)11-18/h6-9,15-16,19H,1-5,12H2. The molecule has 3 nitrogen and oxygen atoms in total. The summed E-state index contributed by atoms with van der Waals surface area (Å²) in [4.78, 5) is 0. The number of benzene rings is 1. The van der Waals surface area contributed by atoms with Gasteiger partial charge >= 0.3 is 0 Å². The van der Waals surface area contributed by atoms with Crippen LogP contribution in [0.15, 0.2) is 24.3 Å². The van der Waals surface area contributed by atoms with E-state index in [2.05, 4.69) is 17.5 Å². The quantitative estimate of drug-likeness (QED) is 0.842. The fraction of sp³-hybridized carbons (Fsp3) is 0.500. The molecule has 0 aromatic heterocycles. The Kier molecular flexibility index (Phi) is 4.95. The highest BCUT2D eigenvalue weighted by Crippen LogP contribution is 2.23. The zero-order valence-electron chi connectivity index (χ0n) is 11.1. The molecule has 2 rings (SSSR count). The van der Waals surface area contributed by atoms with Crippen LogP contribution in [0.3, 0.4) is 0 Å². The Bertz CT molecular complexity index is 478. The number of nitrogens with one attached hydrogen (secondary N) is 1. The van der Waals surface area contributed by atoms with Gasteiger partial charge < -0.3 is 5.32 Å². The van der Waals surface area contributed by atoms with Gasteiger partial charge in [-0.15, -0.1) is 0 Å². The molecule has 1 N–H and O–H groups in total. The van der Waals surface area contributed by atoms with Crippen LogP contribution >= 0.6 is 0 Å². The summed E-state index contributed by atoms with van der Waals surface area (Å²) >= 11 is 0. The number of nitriles is 2. The summed E-state index contributed by atoms with van der Waals surface area (Å²) in [5.41, 5.74) is 1.85. The lowest BCUT2D eigenvalue weighted by Gasteiger charge is -2.20. The molecule has 0 spiro atoms. The Morgan fingerprint density at radius 2 is 1.79 bits per heavy atom. The van der Waals surface area contributed by atoms with Gasteiger partial charge in [0.1, 0.15) is 0 Å². The first-order valence-corrected chi connectivity index (χ1v) is 6.95.